The molecule has 0 unspecified atom stereocenters. The fourth-order valence-corrected chi connectivity index (χ4v) is 2.22. The zero-order valence-corrected chi connectivity index (χ0v) is 14.0. The van der Waals surface area contributed by atoms with Crippen LogP contribution < -0.4 is 15.0 Å². The topological polar surface area (TPSA) is 41.6 Å². The minimum absolute atomic E-state index is 0.0461. The number of carbonyl (C=O) groups excluding carboxylic acids is 1. The molecule has 0 bridgehead atoms. The van der Waals surface area contributed by atoms with E-state index in [0.29, 0.717) is 6.54 Å². The summed E-state index contributed by atoms with van der Waals surface area (Å²) in [6.45, 7) is 2.62. The van der Waals surface area contributed by atoms with E-state index in [1.54, 1.807) is 0 Å². The molecule has 122 valence electrons. The van der Waals surface area contributed by atoms with Crippen molar-refractivity contribution >= 4 is 11.6 Å². The lowest BCUT2D eigenvalue weighted by Gasteiger charge is -2.13. The van der Waals surface area contributed by atoms with Gasteiger partial charge >= 0.3 is 0 Å². The number of rotatable bonds is 7. The number of nitrogens with zero attached hydrogens (tertiary/aromatic N) is 1. The van der Waals surface area contributed by atoms with Crippen LogP contribution in [0.4, 0.5) is 5.69 Å². The number of anilines is 1. The minimum Gasteiger partial charge on any atom is -0.484 e. The van der Waals surface area contributed by atoms with Crippen LogP contribution in [0.2, 0.25) is 0 Å². The summed E-state index contributed by atoms with van der Waals surface area (Å²) in [6.07, 6.45) is 0.809. The van der Waals surface area contributed by atoms with E-state index in [-0.39, 0.29) is 12.5 Å². The Balaban J connectivity index is 1.71. The van der Waals surface area contributed by atoms with Gasteiger partial charge in [-0.2, -0.15) is 0 Å². The number of nitrogens with one attached hydrogen (secondary N) is 1. The van der Waals surface area contributed by atoms with Gasteiger partial charge in [-0.1, -0.05) is 30.3 Å². The van der Waals surface area contributed by atoms with E-state index < -0.39 is 0 Å². The smallest absolute Gasteiger partial charge is 0.257 e. The van der Waals surface area contributed by atoms with Crippen molar-refractivity contribution in [2.24, 2.45) is 0 Å². The third-order valence-electron chi connectivity index (χ3n) is 3.64. The molecule has 0 saturated heterocycles. The number of aryl methyl sites for hydroxylation is 1. The van der Waals surface area contributed by atoms with Crippen LogP contribution in [-0.4, -0.2) is 33.2 Å². The summed E-state index contributed by atoms with van der Waals surface area (Å²) in [5.74, 6) is 0.653. The highest BCUT2D eigenvalue weighted by molar-refractivity contribution is 5.77. The average Bonchev–Trinajstić information content (AvgIpc) is 2.54. The average molecular weight is 312 g/mol. The van der Waals surface area contributed by atoms with Crippen LogP contribution in [0.5, 0.6) is 5.75 Å². The van der Waals surface area contributed by atoms with E-state index in [9.17, 15) is 4.79 Å². The Hall–Kier alpha value is -2.49. The second kappa shape index (κ2) is 8.22. The number of amides is 1. The molecule has 4 heteroatoms. The van der Waals surface area contributed by atoms with Crippen molar-refractivity contribution in [3.05, 3.63) is 59.7 Å². The zero-order chi connectivity index (χ0) is 16.7. The second-order valence-electron chi connectivity index (χ2n) is 5.71. The van der Waals surface area contributed by atoms with Gasteiger partial charge in [-0.05, 0) is 42.7 Å². The summed E-state index contributed by atoms with van der Waals surface area (Å²) in [4.78, 5) is 13.9. The van der Waals surface area contributed by atoms with E-state index >= 15 is 0 Å². The van der Waals surface area contributed by atoms with Gasteiger partial charge in [-0.15, -0.1) is 0 Å². The van der Waals surface area contributed by atoms with E-state index in [2.05, 4.69) is 34.5 Å². The first-order valence-corrected chi connectivity index (χ1v) is 7.77. The predicted octanol–water partition coefficient (Wildman–Crippen LogP) is 2.80. The van der Waals surface area contributed by atoms with Crippen molar-refractivity contribution in [2.45, 2.75) is 13.3 Å². The molecular formula is C19H24N2O2. The van der Waals surface area contributed by atoms with Crippen molar-refractivity contribution in [3.8, 4) is 5.75 Å². The molecule has 0 saturated carbocycles. The first-order valence-electron chi connectivity index (χ1n) is 7.77. The lowest BCUT2D eigenvalue weighted by Crippen LogP contribution is -2.30. The molecule has 1 N–H and O–H groups in total. The fraction of sp³-hybridized carbons (Fsp3) is 0.316. The summed E-state index contributed by atoms with van der Waals surface area (Å²) >= 11 is 0. The molecule has 2 aromatic rings. The molecule has 0 aliphatic rings. The summed E-state index contributed by atoms with van der Waals surface area (Å²) in [5, 5.41) is 2.88. The maximum absolute atomic E-state index is 11.8. The van der Waals surface area contributed by atoms with Crippen LogP contribution in [0.3, 0.4) is 0 Å². The molecule has 1 amide bonds. The highest BCUT2D eigenvalue weighted by Gasteiger charge is 2.04. The number of ether oxygens (including phenoxy) is 1. The largest absolute Gasteiger partial charge is 0.484 e. The number of carbonyl (C=O) groups is 1. The van der Waals surface area contributed by atoms with Gasteiger partial charge in [-0.3, -0.25) is 4.79 Å². The molecule has 0 spiro atoms. The van der Waals surface area contributed by atoms with E-state index in [4.69, 9.17) is 4.74 Å². The van der Waals surface area contributed by atoms with Gasteiger partial charge in [0, 0.05) is 26.3 Å². The summed E-state index contributed by atoms with van der Waals surface area (Å²) in [6, 6.07) is 16.0. The monoisotopic (exact) mass is 312 g/mol. The van der Waals surface area contributed by atoms with E-state index in [0.717, 1.165) is 17.7 Å². The highest BCUT2D eigenvalue weighted by Crippen LogP contribution is 2.15. The minimum atomic E-state index is -0.0989. The Morgan fingerprint density at radius 2 is 1.78 bits per heavy atom. The van der Waals surface area contributed by atoms with Gasteiger partial charge in [0.15, 0.2) is 6.61 Å². The predicted molar refractivity (Wildman–Crippen MR) is 94.2 cm³/mol. The maximum Gasteiger partial charge on any atom is 0.257 e. The van der Waals surface area contributed by atoms with Gasteiger partial charge in [0.1, 0.15) is 5.75 Å². The van der Waals surface area contributed by atoms with Crippen LogP contribution in [0.15, 0.2) is 48.5 Å². The molecule has 0 aliphatic carbocycles. The van der Waals surface area contributed by atoms with Crippen molar-refractivity contribution < 1.29 is 9.53 Å². The highest BCUT2D eigenvalue weighted by atomic mass is 16.5. The van der Waals surface area contributed by atoms with Gasteiger partial charge < -0.3 is 15.0 Å². The molecule has 0 aliphatic heterocycles. The summed E-state index contributed by atoms with van der Waals surface area (Å²) in [7, 11) is 4.04. The summed E-state index contributed by atoms with van der Waals surface area (Å²) in [5.41, 5.74) is 3.40. The van der Waals surface area contributed by atoms with Crippen molar-refractivity contribution in [1.29, 1.82) is 0 Å². The quantitative estimate of drug-likeness (QED) is 0.855. The SMILES string of the molecule is Cc1ccccc1OCC(=O)NCCc1ccc(N(C)C)cc1. The van der Waals surface area contributed by atoms with Crippen LogP contribution >= 0.6 is 0 Å². The standard InChI is InChI=1S/C19H24N2O2/c1-15-6-4-5-7-18(15)23-14-19(22)20-13-12-16-8-10-17(11-9-16)21(2)3/h4-11H,12-14H2,1-3H3,(H,20,22). The first kappa shape index (κ1) is 16.9. The van der Waals surface area contributed by atoms with Gasteiger partial charge in [0.2, 0.25) is 0 Å². The van der Waals surface area contributed by atoms with E-state index in [1.165, 1.54) is 11.3 Å². The number of hydrogen-bond donors (Lipinski definition) is 1. The van der Waals surface area contributed by atoms with Crippen LogP contribution in [0.25, 0.3) is 0 Å². The molecule has 0 fully saturated rings. The van der Waals surface area contributed by atoms with E-state index in [1.807, 2.05) is 45.3 Å². The number of hydrogen-bond acceptors (Lipinski definition) is 3. The van der Waals surface area contributed by atoms with Crippen molar-refractivity contribution in [1.82, 2.24) is 5.32 Å². The molecule has 0 aromatic heterocycles. The third kappa shape index (κ3) is 5.33. The first-order chi connectivity index (χ1) is 11.1. The lowest BCUT2D eigenvalue weighted by atomic mass is 10.1. The molecule has 0 atom stereocenters. The molecule has 0 radical (unpaired) electrons. The zero-order valence-electron chi connectivity index (χ0n) is 14.0. The van der Waals surface area contributed by atoms with Gasteiger partial charge in [0.05, 0.1) is 0 Å². The number of benzene rings is 2. The Bertz CT molecular complexity index is 636. The Morgan fingerprint density at radius 3 is 2.43 bits per heavy atom. The van der Waals surface area contributed by atoms with Crippen LogP contribution in [-0.2, 0) is 11.2 Å². The molecule has 2 aromatic carbocycles. The maximum atomic E-state index is 11.8. The van der Waals surface area contributed by atoms with Crippen LogP contribution in [0, 0.1) is 6.92 Å². The molecular weight excluding hydrogens is 288 g/mol. The number of para-hydroxylation sites is 1. The van der Waals surface area contributed by atoms with Gasteiger partial charge in [0.25, 0.3) is 5.91 Å². The lowest BCUT2D eigenvalue weighted by molar-refractivity contribution is -0.123. The molecule has 0 heterocycles. The normalized spacial score (nSPS) is 10.2. The summed E-state index contributed by atoms with van der Waals surface area (Å²) < 4.78 is 5.53. The van der Waals surface area contributed by atoms with Gasteiger partial charge in [-0.25, -0.2) is 0 Å². The second-order valence-corrected chi connectivity index (χ2v) is 5.71. The molecule has 2 rings (SSSR count). The third-order valence-corrected chi connectivity index (χ3v) is 3.64. The van der Waals surface area contributed by atoms with Crippen LogP contribution in [0.1, 0.15) is 11.1 Å². The van der Waals surface area contributed by atoms with Crippen molar-refractivity contribution in [2.75, 3.05) is 32.1 Å². The fourth-order valence-electron chi connectivity index (χ4n) is 2.22. The Morgan fingerprint density at radius 1 is 1.09 bits per heavy atom. The Kier molecular flexibility index (Phi) is 6.03. The molecule has 4 nitrogen and oxygen atoms in total. The van der Waals surface area contributed by atoms with Crippen molar-refractivity contribution in [3.63, 3.8) is 0 Å². The molecule has 23 heavy (non-hydrogen) atoms. The Labute approximate surface area is 138 Å².